The molecule has 6 heteroatoms. The van der Waals surface area contributed by atoms with Crippen LogP contribution in [0.2, 0.25) is 0 Å². The van der Waals surface area contributed by atoms with Gasteiger partial charge in [-0.05, 0) is 20.5 Å². The first-order valence-corrected chi connectivity index (χ1v) is 7.68. The van der Waals surface area contributed by atoms with Crippen LogP contribution in [0.1, 0.15) is 6.42 Å². The van der Waals surface area contributed by atoms with Gasteiger partial charge >= 0.3 is 0 Å². The minimum absolute atomic E-state index is 0.0672. The van der Waals surface area contributed by atoms with Gasteiger partial charge in [0.05, 0.1) is 5.75 Å². The second kappa shape index (κ2) is 5.44. The zero-order valence-electron chi connectivity index (χ0n) is 10.4. The highest BCUT2D eigenvalue weighted by molar-refractivity contribution is 7.90. The fraction of sp³-hybridized carbons (Fsp3) is 1.00. The number of likely N-dealkylation sites (N-methyl/N-ethyl adjacent to an activating group) is 2. The Bertz CT molecular complexity index is 318. The van der Waals surface area contributed by atoms with Gasteiger partial charge in [-0.25, -0.2) is 8.42 Å². The number of sulfone groups is 1. The summed E-state index contributed by atoms with van der Waals surface area (Å²) in [5.41, 5.74) is 6.08. The van der Waals surface area contributed by atoms with Crippen LogP contribution in [0.15, 0.2) is 0 Å². The van der Waals surface area contributed by atoms with Gasteiger partial charge < -0.3 is 10.6 Å². The van der Waals surface area contributed by atoms with Gasteiger partial charge in [0.1, 0.15) is 9.84 Å². The van der Waals surface area contributed by atoms with E-state index in [1.165, 1.54) is 6.26 Å². The first-order valence-electron chi connectivity index (χ1n) is 5.61. The van der Waals surface area contributed by atoms with Crippen LogP contribution in [0.3, 0.4) is 0 Å². The van der Waals surface area contributed by atoms with E-state index in [1.54, 1.807) is 0 Å². The van der Waals surface area contributed by atoms with Crippen LogP contribution in [-0.4, -0.2) is 76.0 Å². The molecule has 2 N–H and O–H groups in total. The van der Waals surface area contributed by atoms with Crippen LogP contribution in [-0.2, 0) is 9.84 Å². The van der Waals surface area contributed by atoms with Crippen molar-refractivity contribution >= 4 is 9.84 Å². The SMILES string of the molecule is CN1CCN(C)C(C(N)CCS(C)(=O)=O)C1. The molecule has 0 aromatic carbocycles. The maximum Gasteiger partial charge on any atom is 0.147 e. The summed E-state index contributed by atoms with van der Waals surface area (Å²) in [5, 5.41) is 0. The number of rotatable bonds is 4. The van der Waals surface area contributed by atoms with Gasteiger partial charge in [0.15, 0.2) is 0 Å². The van der Waals surface area contributed by atoms with Crippen molar-refractivity contribution in [2.24, 2.45) is 5.73 Å². The number of nitrogens with two attached hydrogens (primary N) is 1. The quantitative estimate of drug-likeness (QED) is 0.692. The van der Waals surface area contributed by atoms with E-state index in [4.69, 9.17) is 5.73 Å². The first kappa shape index (κ1) is 13.9. The number of hydrogen-bond acceptors (Lipinski definition) is 5. The van der Waals surface area contributed by atoms with Crippen LogP contribution >= 0.6 is 0 Å². The van der Waals surface area contributed by atoms with E-state index in [9.17, 15) is 8.42 Å². The highest BCUT2D eigenvalue weighted by Crippen LogP contribution is 2.11. The van der Waals surface area contributed by atoms with Crippen molar-refractivity contribution in [3.8, 4) is 0 Å². The second-order valence-electron chi connectivity index (χ2n) is 4.89. The molecular formula is C10H23N3O2S. The third-order valence-electron chi connectivity index (χ3n) is 3.22. The van der Waals surface area contributed by atoms with E-state index in [0.29, 0.717) is 6.42 Å². The molecule has 5 nitrogen and oxygen atoms in total. The van der Waals surface area contributed by atoms with E-state index in [1.807, 2.05) is 0 Å². The Balaban J connectivity index is 2.48. The molecule has 1 fully saturated rings. The third-order valence-corrected chi connectivity index (χ3v) is 4.19. The molecule has 96 valence electrons. The molecule has 0 aliphatic carbocycles. The zero-order chi connectivity index (χ0) is 12.3. The molecule has 2 unspecified atom stereocenters. The van der Waals surface area contributed by atoms with Gasteiger partial charge in [-0.1, -0.05) is 0 Å². The van der Waals surface area contributed by atoms with Crippen LogP contribution in [0.5, 0.6) is 0 Å². The highest BCUT2D eigenvalue weighted by Gasteiger charge is 2.27. The molecular weight excluding hydrogens is 226 g/mol. The summed E-state index contributed by atoms with van der Waals surface area (Å²) >= 11 is 0. The standard InChI is InChI=1S/C10H23N3O2S/c1-12-5-6-13(2)10(8-12)9(11)4-7-16(3,14)15/h9-10H,4-8,11H2,1-3H3. The van der Waals surface area contributed by atoms with Gasteiger partial charge in [0, 0.05) is 38.0 Å². The lowest BCUT2D eigenvalue weighted by Crippen LogP contribution is -2.57. The van der Waals surface area contributed by atoms with Crippen molar-refractivity contribution in [2.75, 3.05) is 45.7 Å². The molecule has 1 saturated heterocycles. The molecule has 2 atom stereocenters. The normalized spacial score (nSPS) is 26.9. The van der Waals surface area contributed by atoms with E-state index in [0.717, 1.165) is 19.6 Å². The maximum atomic E-state index is 11.1. The van der Waals surface area contributed by atoms with E-state index in [-0.39, 0.29) is 17.8 Å². The molecule has 1 rings (SSSR count). The Kier molecular flexibility index (Phi) is 4.73. The number of piperazine rings is 1. The van der Waals surface area contributed by atoms with Crippen LogP contribution in [0.25, 0.3) is 0 Å². The summed E-state index contributed by atoms with van der Waals surface area (Å²) < 4.78 is 22.2. The molecule has 0 amide bonds. The van der Waals surface area contributed by atoms with Gasteiger partial charge in [0.2, 0.25) is 0 Å². The molecule has 0 bridgehead atoms. The zero-order valence-corrected chi connectivity index (χ0v) is 11.2. The lowest BCUT2D eigenvalue weighted by molar-refractivity contribution is 0.0966. The summed E-state index contributed by atoms with van der Waals surface area (Å²) in [4.78, 5) is 4.47. The summed E-state index contributed by atoms with van der Waals surface area (Å²) in [6, 6.07) is 0.197. The Labute approximate surface area is 98.5 Å². The average molecular weight is 249 g/mol. The van der Waals surface area contributed by atoms with E-state index >= 15 is 0 Å². The van der Waals surface area contributed by atoms with Gasteiger partial charge in [-0.2, -0.15) is 0 Å². The molecule has 16 heavy (non-hydrogen) atoms. The van der Waals surface area contributed by atoms with Crippen molar-refractivity contribution in [1.82, 2.24) is 9.80 Å². The molecule has 0 aromatic rings. The van der Waals surface area contributed by atoms with E-state index < -0.39 is 9.84 Å². The van der Waals surface area contributed by atoms with Crippen molar-refractivity contribution in [1.29, 1.82) is 0 Å². The lowest BCUT2D eigenvalue weighted by Gasteiger charge is -2.40. The Hall–Kier alpha value is -0.170. The summed E-state index contributed by atoms with van der Waals surface area (Å²) in [7, 11) is 1.23. The lowest BCUT2D eigenvalue weighted by atomic mass is 10.0. The molecule has 1 aliphatic heterocycles. The van der Waals surface area contributed by atoms with Crippen molar-refractivity contribution < 1.29 is 8.42 Å². The molecule has 0 radical (unpaired) electrons. The van der Waals surface area contributed by atoms with Crippen LogP contribution in [0.4, 0.5) is 0 Å². The monoisotopic (exact) mass is 249 g/mol. The minimum Gasteiger partial charge on any atom is -0.326 e. The molecule has 0 saturated carbocycles. The fourth-order valence-corrected chi connectivity index (χ4v) is 2.75. The fourth-order valence-electron chi connectivity index (χ4n) is 2.05. The predicted molar refractivity (Wildman–Crippen MR) is 66.2 cm³/mol. The summed E-state index contributed by atoms with van der Waals surface area (Å²) in [6.07, 6.45) is 1.80. The smallest absolute Gasteiger partial charge is 0.147 e. The van der Waals surface area contributed by atoms with Gasteiger partial charge in [-0.15, -0.1) is 0 Å². The predicted octanol–water partition coefficient (Wildman–Crippen LogP) is -1.01. The van der Waals surface area contributed by atoms with Crippen LogP contribution < -0.4 is 5.73 Å². The molecule has 1 heterocycles. The Morgan fingerprint density at radius 3 is 2.56 bits per heavy atom. The van der Waals surface area contributed by atoms with Crippen LogP contribution in [0, 0.1) is 0 Å². The van der Waals surface area contributed by atoms with E-state index in [2.05, 4.69) is 23.9 Å². The highest BCUT2D eigenvalue weighted by atomic mass is 32.2. The third kappa shape index (κ3) is 4.37. The largest absolute Gasteiger partial charge is 0.326 e. The Morgan fingerprint density at radius 1 is 1.38 bits per heavy atom. The minimum atomic E-state index is -2.90. The average Bonchev–Trinajstić information content (AvgIpc) is 2.17. The van der Waals surface area contributed by atoms with Crippen molar-refractivity contribution in [3.63, 3.8) is 0 Å². The summed E-state index contributed by atoms with van der Waals surface area (Å²) in [5.74, 6) is 0.183. The molecule has 0 spiro atoms. The Morgan fingerprint density at radius 2 is 2.00 bits per heavy atom. The number of hydrogen-bond donors (Lipinski definition) is 1. The number of nitrogens with zero attached hydrogens (tertiary/aromatic N) is 2. The first-order chi connectivity index (χ1) is 7.29. The molecule has 1 aliphatic rings. The summed E-state index contributed by atoms with van der Waals surface area (Å²) in [6.45, 7) is 2.96. The van der Waals surface area contributed by atoms with Crippen molar-refractivity contribution in [3.05, 3.63) is 0 Å². The second-order valence-corrected chi connectivity index (χ2v) is 7.15. The molecule has 0 aromatic heterocycles. The maximum absolute atomic E-state index is 11.1. The van der Waals surface area contributed by atoms with Gasteiger partial charge in [-0.3, -0.25) is 4.90 Å². The van der Waals surface area contributed by atoms with Gasteiger partial charge in [0.25, 0.3) is 0 Å². The topological polar surface area (TPSA) is 66.6 Å². The van der Waals surface area contributed by atoms with Crippen molar-refractivity contribution in [2.45, 2.75) is 18.5 Å².